The fraction of sp³-hybridized carbons (Fsp3) is 0.450. The van der Waals surface area contributed by atoms with Crippen molar-refractivity contribution in [1.82, 2.24) is 9.97 Å². The van der Waals surface area contributed by atoms with E-state index in [1.165, 1.54) is 12.4 Å². The number of carbonyl (C=O) groups excluding carboxylic acids is 1. The number of nitrogens with zero attached hydrogens (tertiary/aromatic N) is 2. The second-order valence-corrected chi connectivity index (χ2v) is 7.59. The molecule has 154 valence electrons. The Bertz CT molecular complexity index is 881. The lowest BCUT2D eigenvalue weighted by molar-refractivity contribution is -0.197. The van der Waals surface area contributed by atoms with E-state index in [2.05, 4.69) is 9.97 Å². The van der Waals surface area contributed by atoms with Gasteiger partial charge in [-0.3, -0.25) is 0 Å². The number of ether oxygens (including phenoxy) is 3. The smallest absolute Gasteiger partial charge is 0.357 e. The van der Waals surface area contributed by atoms with Crippen LogP contribution in [0.1, 0.15) is 36.2 Å². The molecule has 9 heteroatoms. The molecule has 1 saturated carbocycles. The molecule has 0 radical (unpaired) electrons. The third kappa shape index (κ3) is 5.22. The van der Waals surface area contributed by atoms with Crippen molar-refractivity contribution >= 4 is 17.6 Å². The average Bonchev–Trinajstić information content (AvgIpc) is 3.51. The summed E-state index contributed by atoms with van der Waals surface area (Å²) in [5.41, 5.74) is 1.32. The van der Waals surface area contributed by atoms with Crippen LogP contribution in [-0.4, -0.2) is 57.4 Å². The molecule has 8 nitrogen and oxygen atoms in total. The van der Waals surface area contributed by atoms with Crippen LogP contribution in [0.4, 0.5) is 0 Å². The normalized spacial score (nSPS) is 24.2. The molecule has 3 unspecified atom stereocenters. The van der Waals surface area contributed by atoms with Gasteiger partial charge in [0, 0.05) is 18.4 Å². The van der Waals surface area contributed by atoms with Crippen LogP contribution in [0.5, 0.6) is 5.75 Å². The Morgan fingerprint density at radius 1 is 1.21 bits per heavy atom. The molecular formula is C20H21ClN2O6. The highest BCUT2D eigenvalue weighted by Crippen LogP contribution is 2.34. The maximum absolute atomic E-state index is 12.3. The van der Waals surface area contributed by atoms with Crippen molar-refractivity contribution in [3.05, 3.63) is 41.3 Å². The number of aromatic nitrogens is 2. The molecule has 0 amide bonds. The van der Waals surface area contributed by atoms with E-state index >= 15 is 0 Å². The molecule has 0 spiro atoms. The molecule has 1 aliphatic carbocycles. The van der Waals surface area contributed by atoms with E-state index in [0.717, 1.165) is 18.4 Å². The van der Waals surface area contributed by atoms with Crippen molar-refractivity contribution in [2.45, 2.75) is 50.3 Å². The molecule has 2 aliphatic rings. The topological polar surface area (TPSA) is 111 Å². The minimum Gasteiger partial charge on any atom is -0.489 e. The summed E-state index contributed by atoms with van der Waals surface area (Å²) in [6, 6.07) is 6.85. The average molecular weight is 421 g/mol. The molecule has 2 N–H and O–H groups in total. The van der Waals surface area contributed by atoms with Crippen molar-refractivity contribution in [2.75, 3.05) is 6.61 Å². The van der Waals surface area contributed by atoms with E-state index in [1.54, 1.807) is 12.1 Å². The summed E-state index contributed by atoms with van der Waals surface area (Å²) in [5, 5.41) is 19.7. The van der Waals surface area contributed by atoms with Crippen LogP contribution in [-0.2, 0) is 9.47 Å². The van der Waals surface area contributed by atoms with Gasteiger partial charge in [-0.1, -0.05) is 11.6 Å². The molecule has 1 aliphatic heterocycles. The Kier molecular flexibility index (Phi) is 5.96. The third-order valence-electron chi connectivity index (χ3n) is 4.68. The van der Waals surface area contributed by atoms with Gasteiger partial charge in [0.25, 0.3) is 0 Å². The number of halogens is 1. The van der Waals surface area contributed by atoms with Crippen LogP contribution >= 0.6 is 11.6 Å². The van der Waals surface area contributed by atoms with E-state index < -0.39 is 24.5 Å². The van der Waals surface area contributed by atoms with Crippen LogP contribution in [0.15, 0.2) is 30.6 Å². The highest BCUT2D eigenvalue weighted by molar-refractivity contribution is 6.32. The van der Waals surface area contributed by atoms with Crippen molar-refractivity contribution in [3.63, 3.8) is 0 Å². The van der Waals surface area contributed by atoms with Crippen molar-refractivity contribution < 1.29 is 29.2 Å². The first-order valence-electron chi connectivity index (χ1n) is 9.45. The summed E-state index contributed by atoms with van der Waals surface area (Å²) >= 11 is 6.30. The zero-order valence-corrected chi connectivity index (χ0v) is 16.3. The Balaban J connectivity index is 1.41. The highest BCUT2D eigenvalue weighted by atomic mass is 35.5. The predicted molar refractivity (Wildman–Crippen MR) is 103 cm³/mol. The Morgan fingerprint density at radius 2 is 2.03 bits per heavy atom. The Labute approximate surface area is 172 Å². The van der Waals surface area contributed by atoms with Gasteiger partial charge in [-0.25, -0.2) is 14.8 Å². The van der Waals surface area contributed by atoms with Crippen LogP contribution in [0, 0.1) is 0 Å². The minimum absolute atomic E-state index is 0.0846. The standard InChI is InChI=1S/C20H21ClN2O6/c21-15-5-11(1-4-18(15)28-13-2-3-13)16-8-17(23-10-22-16)20(26)27-9-14-6-12(24)7-19(25)29-14/h1,4-5,8,10,12-14,19,24-25H,2-3,6-7,9H2. The second kappa shape index (κ2) is 8.62. The quantitative estimate of drug-likeness (QED) is 0.685. The number of benzene rings is 1. The summed E-state index contributed by atoms with van der Waals surface area (Å²) < 4.78 is 16.2. The van der Waals surface area contributed by atoms with E-state index in [9.17, 15) is 15.0 Å². The Morgan fingerprint density at radius 3 is 2.76 bits per heavy atom. The zero-order valence-electron chi connectivity index (χ0n) is 15.5. The summed E-state index contributed by atoms with van der Waals surface area (Å²) in [7, 11) is 0. The van der Waals surface area contributed by atoms with E-state index in [1.807, 2.05) is 6.07 Å². The highest BCUT2D eigenvalue weighted by Gasteiger charge is 2.28. The maximum atomic E-state index is 12.3. The van der Waals surface area contributed by atoms with Gasteiger partial charge in [-0.05, 0) is 37.1 Å². The third-order valence-corrected chi connectivity index (χ3v) is 4.98. The number of aliphatic hydroxyl groups is 2. The van der Waals surface area contributed by atoms with Gasteiger partial charge >= 0.3 is 5.97 Å². The van der Waals surface area contributed by atoms with Crippen molar-refractivity contribution in [3.8, 4) is 17.0 Å². The van der Waals surface area contributed by atoms with Crippen molar-refractivity contribution in [1.29, 1.82) is 0 Å². The van der Waals surface area contributed by atoms with Crippen LogP contribution in [0.2, 0.25) is 5.02 Å². The fourth-order valence-corrected chi connectivity index (χ4v) is 3.29. The van der Waals surface area contributed by atoms with Gasteiger partial charge in [0.05, 0.1) is 29.0 Å². The Hall–Kier alpha value is -2.26. The van der Waals surface area contributed by atoms with Crippen LogP contribution in [0.25, 0.3) is 11.3 Å². The van der Waals surface area contributed by atoms with Gasteiger partial charge in [-0.15, -0.1) is 0 Å². The molecule has 1 aromatic heterocycles. The number of carbonyl (C=O) groups is 1. The van der Waals surface area contributed by atoms with E-state index in [4.69, 9.17) is 25.8 Å². The van der Waals surface area contributed by atoms with Crippen LogP contribution in [0.3, 0.4) is 0 Å². The molecule has 0 bridgehead atoms. The molecular weight excluding hydrogens is 400 g/mol. The lowest BCUT2D eigenvalue weighted by Gasteiger charge is -2.29. The zero-order chi connectivity index (χ0) is 20.4. The van der Waals surface area contributed by atoms with E-state index in [0.29, 0.717) is 16.5 Å². The lowest BCUT2D eigenvalue weighted by atomic mass is 10.1. The number of esters is 1. The SMILES string of the molecule is O=C(OCC1CC(O)CC(O)O1)c1cc(-c2ccc(OC3CC3)c(Cl)c2)ncn1. The molecule has 1 saturated heterocycles. The van der Waals surface area contributed by atoms with E-state index in [-0.39, 0.29) is 31.2 Å². The predicted octanol–water partition coefficient (Wildman–Crippen LogP) is 2.35. The van der Waals surface area contributed by atoms with Crippen LogP contribution < -0.4 is 4.74 Å². The monoisotopic (exact) mass is 420 g/mol. The molecule has 1 aromatic carbocycles. The first-order valence-corrected chi connectivity index (χ1v) is 9.83. The van der Waals surface area contributed by atoms with Gasteiger partial charge < -0.3 is 24.4 Å². The first-order chi connectivity index (χ1) is 14.0. The summed E-state index contributed by atoms with van der Waals surface area (Å²) in [5.74, 6) is -0.0185. The molecule has 29 heavy (non-hydrogen) atoms. The number of hydrogen-bond acceptors (Lipinski definition) is 8. The summed E-state index contributed by atoms with van der Waals surface area (Å²) in [6.45, 7) is -0.0919. The molecule has 2 heterocycles. The lowest BCUT2D eigenvalue weighted by Crippen LogP contribution is -2.38. The number of hydrogen-bond donors (Lipinski definition) is 2. The van der Waals surface area contributed by atoms with Gasteiger partial charge in [0.15, 0.2) is 12.0 Å². The van der Waals surface area contributed by atoms with Crippen molar-refractivity contribution in [2.24, 2.45) is 0 Å². The second-order valence-electron chi connectivity index (χ2n) is 7.19. The largest absolute Gasteiger partial charge is 0.489 e. The minimum atomic E-state index is -1.07. The molecule has 2 aromatic rings. The number of rotatable bonds is 6. The first kappa shape index (κ1) is 20.0. The fourth-order valence-electron chi connectivity index (χ4n) is 3.06. The summed E-state index contributed by atoms with van der Waals surface area (Å²) in [6.07, 6.45) is 1.71. The molecule has 2 fully saturated rings. The van der Waals surface area contributed by atoms with Gasteiger partial charge in [0.2, 0.25) is 0 Å². The summed E-state index contributed by atoms with van der Waals surface area (Å²) in [4.78, 5) is 20.5. The molecule has 3 atom stereocenters. The number of aliphatic hydroxyl groups excluding tert-OH is 2. The molecule has 4 rings (SSSR count). The van der Waals surface area contributed by atoms with Gasteiger partial charge in [0.1, 0.15) is 18.7 Å². The maximum Gasteiger partial charge on any atom is 0.357 e. The van der Waals surface area contributed by atoms with Gasteiger partial charge in [-0.2, -0.15) is 0 Å².